The molecule has 0 radical (unpaired) electrons. The first-order chi connectivity index (χ1) is 9.74. The number of nitrogens with one attached hydrogen (secondary N) is 1. The highest BCUT2D eigenvalue weighted by Crippen LogP contribution is 2.27. The Morgan fingerprint density at radius 2 is 2.10 bits per heavy atom. The molecule has 0 bridgehead atoms. The van der Waals surface area contributed by atoms with Crippen LogP contribution < -0.4 is 11.1 Å². The van der Waals surface area contributed by atoms with Gasteiger partial charge < -0.3 is 11.1 Å². The van der Waals surface area contributed by atoms with Crippen molar-refractivity contribution in [1.82, 2.24) is 15.3 Å². The molecule has 1 fully saturated rings. The Morgan fingerprint density at radius 1 is 1.25 bits per heavy atom. The van der Waals surface area contributed by atoms with Crippen LogP contribution in [0.5, 0.6) is 0 Å². The molecule has 1 aromatic heterocycles. The Morgan fingerprint density at radius 3 is 2.85 bits per heavy atom. The molecule has 0 spiro atoms. The monoisotopic (exact) mass is 272 g/mol. The summed E-state index contributed by atoms with van der Waals surface area (Å²) < 4.78 is 13.9. The number of nitrogen functional groups attached to an aromatic ring is 1. The summed E-state index contributed by atoms with van der Waals surface area (Å²) in [7, 11) is 0. The molecule has 2 heterocycles. The molecular formula is C15H17FN4. The van der Waals surface area contributed by atoms with Gasteiger partial charge >= 0.3 is 0 Å². The molecular weight excluding hydrogens is 255 g/mol. The maximum atomic E-state index is 13.9. The number of hydrogen-bond acceptors (Lipinski definition) is 4. The number of anilines is 1. The molecule has 0 saturated carbocycles. The maximum Gasteiger partial charge on any atom is 0.220 e. The van der Waals surface area contributed by atoms with E-state index in [-0.39, 0.29) is 11.8 Å². The number of hydrogen-bond donors (Lipinski definition) is 2. The van der Waals surface area contributed by atoms with Gasteiger partial charge in [-0.1, -0.05) is 12.1 Å². The fourth-order valence-corrected chi connectivity index (χ4v) is 2.61. The highest BCUT2D eigenvalue weighted by atomic mass is 19.1. The molecule has 20 heavy (non-hydrogen) atoms. The number of rotatable bonds is 2. The topological polar surface area (TPSA) is 63.8 Å². The van der Waals surface area contributed by atoms with Gasteiger partial charge in [-0.25, -0.2) is 14.4 Å². The lowest BCUT2D eigenvalue weighted by atomic mass is 9.95. The van der Waals surface area contributed by atoms with Gasteiger partial charge in [0.25, 0.3) is 0 Å². The highest BCUT2D eigenvalue weighted by Gasteiger charge is 2.18. The molecule has 0 amide bonds. The third-order valence-electron chi connectivity index (χ3n) is 3.63. The van der Waals surface area contributed by atoms with Crippen molar-refractivity contribution in [2.45, 2.75) is 18.8 Å². The summed E-state index contributed by atoms with van der Waals surface area (Å²) in [5.74, 6) is 0.226. The van der Waals surface area contributed by atoms with Gasteiger partial charge in [0.1, 0.15) is 5.82 Å². The average Bonchev–Trinajstić information content (AvgIpc) is 2.48. The smallest absolute Gasteiger partial charge is 0.220 e. The van der Waals surface area contributed by atoms with Crippen LogP contribution in [0.1, 0.15) is 24.5 Å². The van der Waals surface area contributed by atoms with Gasteiger partial charge in [-0.05, 0) is 37.6 Å². The first kappa shape index (κ1) is 13.0. The zero-order valence-electron chi connectivity index (χ0n) is 11.1. The Hall–Kier alpha value is -2.01. The molecule has 2 aromatic rings. The van der Waals surface area contributed by atoms with Crippen LogP contribution in [0.2, 0.25) is 0 Å². The Bertz CT molecular complexity index is 609. The third-order valence-corrected chi connectivity index (χ3v) is 3.63. The van der Waals surface area contributed by atoms with Gasteiger partial charge in [-0.3, -0.25) is 0 Å². The van der Waals surface area contributed by atoms with Crippen molar-refractivity contribution in [1.29, 1.82) is 0 Å². The summed E-state index contributed by atoms with van der Waals surface area (Å²) in [6.07, 6.45) is 2.18. The molecule has 1 aromatic carbocycles. The lowest BCUT2D eigenvalue weighted by Crippen LogP contribution is -2.29. The average molecular weight is 272 g/mol. The van der Waals surface area contributed by atoms with Gasteiger partial charge in [-0.2, -0.15) is 0 Å². The van der Waals surface area contributed by atoms with E-state index in [1.807, 2.05) is 6.07 Å². The van der Waals surface area contributed by atoms with Crippen molar-refractivity contribution in [2.24, 2.45) is 0 Å². The van der Waals surface area contributed by atoms with Crippen molar-refractivity contribution in [3.8, 4) is 11.3 Å². The SMILES string of the molecule is Nc1nc(-c2ccccc2F)cc(C2CCCNC2)n1. The molecule has 1 atom stereocenters. The second kappa shape index (κ2) is 5.54. The van der Waals surface area contributed by atoms with E-state index in [1.54, 1.807) is 18.2 Å². The number of benzene rings is 1. The van der Waals surface area contributed by atoms with Gasteiger partial charge in [0.15, 0.2) is 0 Å². The minimum Gasteiger partial charge on any atom is -0.368 e. The van der Waals surface area contributed by atoms with Crippen molar-refractivity contribution >= 4 is 5.95 Å². The van der Waals surface area contributed by atoms with Crippen LogP contribution in [0.3, 0.4) is 0 Å². The van der Waals surface area contributed by atoms with E-state index in [4.69, 9.17) is 5.73 Å². The summed E-state index contributed by atoms with van der Waals surface area (Å²) in [6, 6.07) is 8.44. The largest absolute Gasteiger partial charge is 0.368 e. The zero-order chi connectivity index (χ0) is 13.9. The number of nitrogens with zero attached hydrogens (tertiary/aromatic N) is 2. The summed E-state index contributed by atoms with van der Waals surface area (Å²) in [4.78, 5) is 8.48. The molecule has 104 valence electrons. The fraction of sp³-hybridized carbons (Fsp3) is 0.333. The van der Waals surface area contributed by atoms with Crippen molar-refractivity contribution in [2.75, 3.05) is 18.8 Å². The first-order valence-electron chi connectivity index (χ1n) is 6.84. The van der Waals surface area contributed by atoms with Crippen LogP contribution in [0.15, 0.2) is 30.3 Å². The van der Waals surface area contributed by atoms with E-state index >= 15 is 0 Å². The van der Waals surface area contributed by atoms with E-state index in [0.717, 1.165) is 31.6 Å². The fourth-order valence-electron chi connectivity index (χ4n) is 2.61. The highest BCUT2D eigenvalue weighted by molar-refractivity contribution is 5.61. The molecule has 1 aliphatic heterocycles. The second-order valence-electron chi connectivity index (χ2n) is 5.06. The summed E-state index contributed by atoms with van der Waals surface area (Å²) in [5, 5.41) is 3.35. The number of piperidine rings is 1. The normalized spacial score (nSPS) is 18.9. The molecule has 4 nitrogen and oxygen atoms in total. The lowest BCUT2D eigenvalue weighted by Gasteiger charge is -2.22. The lowest BCUT2D eigenvalue weighted by molar-refractivity contribution is 0.454. The second-order valence-corrected chi connectivity index (χ2v) is 5.06. The molecule has 1 unspecified atom stereocenters. The van der Waals surface area contributed by atoms with Crippen LogP contribution in [-0.4, -0.2) is 23.1 Å². The predicted octanol–water partition coefficient (Wildman–Crippen LogP) is 2.33. The van der Waals surface area contributed by atoms with Crippen molar-refractivity contribution in [3.63, 3.8) is 0 Å². The van der Waals surface area contributed by atoms with E-state index in [2.05, 4.69) is 15.3 Å². The first-order valence-corrected chi connectivity index (χ1v) is 6.84. The van der Waals surface area contributed by atoms with Gasteiger partial charge in [0, 0.05) is 18.0 Å². The van der Waals surface area contributed by atoms with Gasteiger partial charge in [0.2, 0.25) is 5.95 Å². The van der Waals surface area contributed by atoms with E-state index in [0.29, 0.717) is 17.2 Å². The maximum absolute atomic E-state index is 13.9. The van der Waals surface area contributed by atoms with Crippen LogP contribution in [0.4, 0.5) is 10.3 Å². The van der Waals surface area contributed by atoms with E-state index in [9.17, 15) is 4.39 Å². The van der Waals surface area contributed by atoms with Crippen LogP contribution >= 0.6 is 0 Å². The van der Waals surface area contributed by atoms with Crippen LogP contribution in [0.25, 0.3) is 11.3 Å². The summed E-state index contributed by atoms with van der Waals surface area (Å²) in [6.45, 7) is 1.92. The Kier molecular flexibility index (Phi) is 3.60. The van der Waals surface area contributed by atoms with E-state index in [1.165, 1.54) is 6.07 Å². The standard InChI is InChI=1S/C15H17FN4/c16-12-6-2-1-5-11(12)14-8-13(19-15(17)20-14)10-4-3-7-18-9-10/h1-2,5-6,8,10,18H,3-4,7,9H2,(H2,17,19,20). The van der Waals surface area contributed by atoms with Crippen molar-refractivity contribution < 1.29 is 4.39 Å². The molecule has 0 aliphatic carbocycles. The van der Waals surface area contributed by atoms with Crippen molar-refractivity contribution in [3.05, 3.63) is 41.8 Å². The summed E-state index contributed by atoms with van der Waals surface area (Å²) >= 11 is 0. The summed E-state index contributed by atoms with van der Waals surface area (Å²) in [5.41, 5.74) is 7.70. The van der Waals surface area contributed by atoms with Gasteiger partial charge in [-0.15, -0.1) is 0 Å². The third kappa shape index (κ3) is 2.63. The van der Waals surface area contributed by atoms with E-state index < -0.39 is 0 Å². The molecule has 1 saturated heterocycles. The Labute approximate surface area is 117 Å². The van der Waals surface area contributed by atoms with Crippen LogP contribution in [-0.2, 0) is 0 Å². The molecule has 5 heteroatoms. The quantitative estimate of drug-likeness (QED) is 0.880. The number of halogens is 1. The number of nitrogens with two attached hydrogens (primary N) is 1. The minimum atomic E-state index is -0.293. The van der Waals surface area contributed by atoms with Crippen LogP contribution in [0, 0.1) is 5.82 Å². The zero-order valence-corrected chi connectivity index (χ0v) is 11.1. The number of aromatic nitrogens is 2. The Balaban J connectivity index is 2.00. The predicted molar refractivity (Wildman–Crippen MR) is 76.7 cm³/mol. The molecule has 3 N–H and O–H groups in total. The molecule has 3 rings (SSSR count). The minimum absolute atomic E-state index is 0.200. The van der Waals surface area contributed by atoms with Gasteiger partial charge in [0.05, 0.1) is 11.4 Å². The molecule has 1 aliphatic rings.